The molecule has 0 aliphatic carbocycles. The molecule has 0 heterocycles. The van der Waals surface area contributed by atoms with Gasteiger partial charge in [-0.1, -0.05) is 96.3 Å². The standard InChI is InChI=1S/C34H34Cl3N3O4S/c1-3-24(2)38-34(42)32(20-25-10-6-4-7-11-25)39(22-26-14-15-28(36)21-31(26)37)33(41)23-40(29-18-16-27(35)17-19-29)45(43,44)30-12-8-5-9-13-30/h4-19,21,24,32H,3,20,22-23H2,1-2H3,(H,38,42)/t24-,32-/m1/s1. The predicted molar refractivity (Wildman–Crippen MR) is 181 cm³/mol. The fourth-order valence-electron chi connectivity index (χ4n) is 4.68. The highest BCUT2D eigenvalue weighted by Gasteiger charge is 2.35. The molecule has 0 saturated heterocycles. The first-order chi connectivity index (χ1) is 21.5. The smallest absolute Gasteiger partial charge is 0.264 e. The van der Waals surface area contributed by atoms with Crippen molar-refractivity contribution in [2.24, 2.45) is 0 Å². The van der Waals surface area contributed by atoms with Crippen molar-refractivity contribution < 1.29 is 18.0 Å². The second-order valence-electron chi connectivity index (χ2n) is 10.6. The van der Waals surface area contributed by atoms with Crippen molar-refractivity contribution in [1.29, 1.82) is 0 Å². The van der Waals surface area contributed by atoms with Crippen LogP contribution >= 0.6 is 34.8 Å². The Morgan fingerprint density at radius 2 is 1.42 bits per heavy atom. The van der Waals surface area contributed by atoms with Crippen LogP contribution in [0.1, 0.15) is 31.4 Å². The van der Waals surface area contributed by atoms with Crippen LogP contribution in [-0.4, -0.2) is 43.8 Å². The monoisotopic (exact) mass is 685 g/mol. The van der Waals surface area contributed by atoms with Crippen molar-refractivity contribution >= 4 is 62.3 Å². The summed E-state index contributed by atoms with van der Waals surface area (Å²) in [7, 11) is -4.21. The van der Waals surface area contributed by atoms with Gasteiger partial charge in [0.2, 0.25) is 11.8 Å². The third kappa shape index (κ3) is 9.01. The van der Waals surface area contributed by atoms with Crippen molar-refractivity contribution in [3.8, 4) is 0 Å². The number of benzene rings is 4. The van der Waals surface area contributed by atoms with Gasteiger partial charge >= 0.3 is 0 Å². The Kier molecular flexibility index (Phi) is 11.9. The van der Waals surface area contributed by atoms with E-state index < -0.39 is 28.5 Å². The third-order valence-electron chi connectivity index (χ3n) is 7.35. The van der Waals surface area contributed by atoms with Crippen LogP contribution in [0.3, 0.4) is 0 Å². The first-order valence-corrected chi connectivity index (χ1v) is 17.0. The van der Waals surface area contributed by atoms with E-state index in [1.807, 2.05) is 44.2 Å². The molecule has 0 unspecified atom stereocenters. The number of hydrogen-bond acceptors (Lipinski definition) is 4. The number of carbonyl (C=O) groups is 2. The first-order valence-electron chi connectivity index (χ1n) is 14.4. The number of hydrogen-bond donors (Lipinski definition) is 1. The molecule has 4 aromatic carbocycles. The van der Waals surface area contributed by atoms with Gasteiger partial charge in [-0.15, -0.1) is 0 Å². The average Bonchev–Trinajstić information content (AvgIpc) is 3.03. The number of nitrogens with one attached hydrogen (secondary N) is 1. The molecule has 0 aliphatic rings. The van der Waals surface area contributed by atoms with Crippen LogP contribution in [0.15, 0.2) is 108 Å². The van der Waals surface area contributed by atoms with Gasteiger partial charge in [-0.05, 0) is 73.0 Å². The molecule has 45 heavy (non-hydrogen) atoms. The van der Waals surface area contributed by atoms with Crippen LogP contribution in [0.5, 0.6) is 0 Å². The molecule has 2 atom stereocenters. The van der Waals surface area contributed by atoms with Crippen LogP contribution in [0.25, 0.3) is 0 Å². The van der Waals surface area contributed by atoms with Gasteiger partial charge in [0.15, 0.2) is 0 Å². The summed E-state index contributed by atoms with van der Waals surface area (Å²) < 4.78 is 29.1. The minimum absolute atomic E-state index is 0.00962. The maximum Gasteiger partial charge on any atom is 0.264 e. The van der Waals surface area contributed by atoms with E-state index in [9.17, 15) is 18.0 Å². The number of rotatable bonds is 13. The largest absolute Gasteiger partial charge is 0.352 e. The van der Waals surface area contributed by atoms with Crippen molar-refractivity contribution in [2.75, 3.05) is 10.8 Å². The Balaban J connectivity index is 1.82. The number of halogens is 3. The summed E-state index contributed by atoms with van der Waals surface area (Å²) in [4.78, 5) is 29.8. The summed E-state index contributed by atoms with van der Waals surface area (Å²) in [6.07, 6.45) is 0.868. The van der Waals surface area contributed by atoms with Gasteiger partial charge in [-0.25, -0.2) is 8.42 Å². The number of amides is 2. The molecule has 4 rings (SSSR count). The lowest BCUT2D eigenvalue weighted by molar-refractivity contribution is -0.140. The number of nitrogens with zero attached hydrogens (tertiary/aromatic N) is 2. The lowest BCUT2D eigenvalue weighted by atomic mass is 10.0. The van der Waals surface area contributed by atoms with Gasteiger partial charge in [0, 0.05) is 34.1 Å². The predicted octanol–water partition coefficient (Wildman–Crippen LogP) is 7.40. The van der Waals surface area contributed by atoms with Gasteiger partial charge in [0.1, 0.15) is 12.6 Å². The van der Waals surface area contributed by atoms with Gasteiger partial charge in [-0.2, -0.15) is 0 Å². The summed E-state index contributed by atoms with van der Waals surface area (Å²) in [6.45, 7) is 3.17. The minimum Gasteiger partial charge on any atom is -0.352 e. The van der Waals surface area contributed by atoms with E-state index in [-0.39, 0.29) is 35.5 Å². The molecule has 0 aromatic heterocycles. The molecule has 0 aliphatic heterocycles. The highest BCUT2D eigenvalue weighted by molar-refractivity contribution is 7.92. The third-order valence-corrected chi connectivity index (χ3v) is 9.98. The fraction of sp³-hybridized carbons (Fsp3) is 0.235. The molecule has 4 aromatic rings. The van der Waals surface area contributed by atoms with Crippen LogP contribution in [-0.2, 0) is 32.6 Å². The fourth-order valence-corrected chi connectivity index (χ4v) is 6.71. The highest BCUT2D eigenvalue weighted by atomic mass is 35.5. The molecule has 0 spiro atoms. The lowest BCUT2D eigenvalue weighted by Crippen LogP contribution is -2.54. The Morgan fingerprint density at radius 1 is 0.822 bits per heavy atom. The minimum atomic E-state index is -4.21. The number of carbonyl (C=O) groups excluding carboxylic acids is 2. The van der Waals surface area contributed by atoms with Crippen molar-refractivity contribution in [1.82, 2.24) is 10.2 Å². The molecule has 11 heteroatoms. The van der Waals surface area contributed by atoms with Crippen molar-refractivity contribution in [3.63, 3.8) is 0 Å². The van der Waals surface area contributed by atoms with E-state index in [1.165, 1.54) is 29.2 Å². The molecule has 2 amide bonds. The van der Waals surface area contributed by atoms with Gasteiger partial charge in [0.25, 0.3) is 10.0 Å². The van der Waals surface area contributed by atoms with E-state index in [1.54, 1.807) is 48.5 Å². The molecule has 0 radical (unpaired) electrons. The molecule has 1 N–H and O–H groups in total. The van der Waals surface area contributed by atoms with Crippen molar-refractivity contribution in [3.05, 3.63) is 129 Å². The second kappa shape index (κ2) is 15.6. The molecule has 0 fully saturated rings. The van der Waals surface area contributed by atoms with Gasteiger partial charge in [0.05, 0.1) is 10.6 Å². The van der Waals surface area contributed by atoms with Gasteiger partial charge < -0.3 is 10.2 Å². The van der Waals surface area contributed by atoms with Gasteiger partial charge in [-0.3, -0.25) is 13.9 Å². The average molecular weight is 687 g/mol. The van der Waals surface area contributed by atoms with Crippen molar-refractivity contribution in [2.45, 2.75) is 50.2 Å². The highest BCUT2D eigenvalue weighted by Crippen LogP contribution is 2.28. The summed E-state index contributed by atoms with van der Waals surface area (Å²) in [5, 5.41) is 4.15. The normalized spacial score (nSPS) is 12.6. The van der Waals surface area contributed by atoms with Crippen LogP contribution in [0.2, 0.25) is 15.1 Å². The second-order valence-corrected chi connectivity index (χ2v) is 13.7. The summed E-state index contributed by atoms with van der Waals surface area (Å²) in [5.41, 5.74) is 1.62. The summed E-state index contributed by atoms with van der Waals surface area (Å²) in [6, 6.07) is 27.1. The van der Waals surface area contributed by atoms with Crippen LogP contribution in [0, 0.1) is 0 Å². The Hall–Kier alpha value is -3.56. The quantitative estimate of drug-likeness (QED) is 0.159. The maximum absolute atomic E-state index is 14.5. The molecule has 236 valence electrons. The van der Waals surface area contributed by atoms with Crippen LogP contribution in [0.4, 0.5) is 5.69 Å². The Bertz CT molecular complexity index is 1710. The topological polar surface area (TPSA) is 86.8 Å². The van der Waals surface area contributed by atoms with E-state index in [4.69, 9.17) is 34.8 Å². The Morgan fingerprint density at radius 3 is 2.02 bits per heavy atom. The summed E-state index contributed by atoms with van der Waals surface area (Å²) in [5.74, 6) is -0.966. The molecule has 7 nitrogen and oxygen atoms in total. The number of anilines is 1. The van der Waals surface area contributed by atoms with Crippen LogP contribution < -0.4 is 9.62 Å². The van der Waals surface area contributed by atoms with E-state index in [2.05, 4.69) is 5.32 Å². The molecule has 0 saturated carbocycles. The number of sulfonamides is 1. The maximum atomic E-state index is 14.5. The molecule has 0 bridgehead atoms. The van der Waals surface area contributed by atoms with E-state index >= 15 is 0 Å². The van der Waals surface area contributed by atoms with E-state index in [0.717, 1.165) is 9.87 Å². The zero-order valence-corrected chi connectivity index (χ0v) is 28.0. The lowest BCUT2D eigenvalue weighted by Gasteiger charge is -2.34. The summed E-state index contributed by atoms with van der Waals surface area (Å²) >= 11 is 18.8. The molecular weight excluding hydrogens is 653 g/mol. The zero-order chi connectivity index (χ0) is 32.6. The first kappa shape index (κ1) is 34.3. The SMILES string of the molecule is CC[C@@H](C)NC(=O)[C@@H](Cc1ccccc1)N(Cc1ccc(Cl)cc1Cl)C(=O)CN(c1ccc(Cl)cc1)S(=O)(=O)c1ccccc1. The van der Waals surface area contributed by atoms with E-state index in [0.29, 0.717) is 27.1 Å². The molecular formula is C34H34Cl3N3O4S. The zero-order valence-electron chi connectivity index (χ0n) is 24.9. The Labute approximate surface area is 279 Å².